The van der Waals surface area contributed by atoms with Crippen molar-refractivity contribution < 1.29 is 9.53 Å². The molecule has 0 aromatic carbocycles. The van der Waals surface area contributed by atoms with E-state index in [4.69, 9.17) is 4.74 Å². The van der Waals surface area contributed by atoms with Gasteiger partial charge in [0, 0.05) is 33.9 Å². The third-order valence-corrected chi connectivity index (χ3v) is 4.54. The molecule has 118 valence electrons. The van der Waals surface area contributed by atoms with E-state index in [9.17, 15) is 4.79 Å². The lowest BCUT2D eigenvalue weighted by atomic mass is 10.2. The highest BCUT2D eigenvalue weighted by atomic mass is 79.9. The first-order valence-electron chi connectivity index (χ1n) is 6.85. The highest BCUT2D eigenvalue weighted by Gasteiger charge is 2.14. The summed E-state index contributed by atoms with van der Waals surface area (Å²) in [7, 11) is 0. The summed E-state index contributed by atoms with van der Waals surface area (Å²) in [5, 5.41) is 6.01. The Bertz CT molecular complexity index is 473. The monoisotopic (exact) mass is 374 g/mol. The van der Waals surface area contributed by atoms with Crippen LogP contribution in [0.5, 0.6) is 0 Å². The van der Waals surface area contributed by atoms with Gasteiger partial charge in [-0.3, -0.25) is 0 Å². The van der Waals surface area contributed by atoms with Crippen LogP contribution in [0.2, 0.25) is 0 Å². The van der Waals surface area contributed by atoms with Crippen LogP contribution in [-0.2, 0) is 11.3 Å². The van der Waals surface area contributed by atoms with Gasteiger partial charge in [0.1, 0.15) is 5.60 Å². The van der Waals surface area contributed by atoms with E-state index in [-0.39, 0.29) is 6.09 Å². The standard InChI is InChI=1S/C15H23BrN2O2S/c1-11-13(16)9-12(21-11)10-17-7-5-6-8-18-14(19)20-15(2,3)4/h5-6,9,17H,7-8,10H2,1-4H3,(H,18,19)/b6-5+. The van der Waals surface area contributed by atoms with Gasteiger partial charge in [0.25, 0.3) is 0 Å². The van der Waals surface area contributed by atoms with E-state index in [0.717, 1.165) is 13.1 Å². The zero-order chi connectivity index (χ0) is 15.9. The average Bonchev–Trinajstić information content (AvgIpc) is 2.65. The Morgan fingerprint density at radius 1 is 1.38 bits per heavy atom. The number of amides is 1. The third-order valence-electron chi connectivity index (χ3n) is 2.40. The molecule has 0 fully saturated rings. The van der Waals surface area contributed by atoms with Crippen LogP contribution in [0.4, 0.5) is 4.79 Å². The molecule has 2 N–H and O–H groups in total. The Balaban J connectivity index is 2.11. The number of carbonyl (C=O) groups excluding carboxylic acids is 1. The fourth-order valence-corrected chi connectivity index (χ4v) is 3.08. The predicted octanol–water partition coefficient (Wildman–Crippen LogP) is 3.99. The molecule has 6 heteroatoms. The Morgan fingerprint density at radius 3 is 2.62 bits per heavy atom. The zero-order valence-corrected chi connectivity index (χ0v) is 15.4. The Labute approximate surface area is 139 Å². The Hall–Kier alpha value is -0.850. The minimum Gasteiger partial charge on any atom is -0.444 e. The molecular formula is C15H23BrN2O2S. The molecule has 0 saturated carbocycles. The summed E-state index contributed by atoms with van der Waals surface area (Å²) in [5.74, 6) is 0. The molecule has 1 aromatic heterocycles. The summed E-state index contributed by atoms with van der Waals surface area (Å²) in [6.45, 7) is 9.72. The molecule has 0 aliphatic carbocycles. The highest BCUT2D eigenvalue weighted by molar-refractivity contribution is 9.10. The van der Waals surface area contributed by atoms with Crippen LogP contribution in [0, 0.1) is 6.92 Å². The normalized spacial score (nSPS) is 11.9. The third kappa shape index (κ3) is 8.24. The van der Waals surface area contributed by atoms with E-state index in [1.165, 1.54) is 14.2 Å². The number of ether oxygens (including phenoxy) is 1. The molecule has 1 heterocycles. The molecule has 0 radical (unpaired) electrons. The number of hydrogen-bond acceptors (Lipinski definition) is 4. The van der Waals surface area contributed by atoms with Gasteiger partial charge in [-0.2, -0.15) is 0 Å². The largest absolute Gasteiger partial charge is 0.444 e. The van der Waals surface area contributed by atoms with Crippen molar-refractivity contribution in [2.24, 2.45) is 0 Å². The molecule has 0 aliphatic heterocycles. The number of aryl methyl sites for hydroxylation is 1. The number of nitrogens with one attached hydrogen (secondary N) is 2. The smallest absolute Gasteiger partial charge is 0.407 e. The summed E-state index contributed by atoms with van der Waals surface area (Å²) in [6, 6.07) is 2.14. The molecule has 1 rings (SSSR count). The second kappa shape index (κ2) is 8.56. The molecular weight excluding hydrogens is 352 g/mol. The molecule has 0 aliphatic rings. The minimum absolute atomic E-state index is 0.390. The van der Waals surface area contributed by atoms with Crippen molar-refractivity contribution in [1.29, 1.82) is 0 Å². The van der Waals surface area contributed by atoms with Crippen molar-refractivity contribution in [1.82, 2.24) is 10.6 Å². The summed E-state index contributed by atoms with van der Waals surface area (Å²) in [5.41, 5.74) is -0.456. The van der Waals surface area contributed by atoms with Crippen LogP contribution in [0.1, 0.15) is 30.5 Å². The van der Waals surface area contributed by atoms with Gasteiger partial charge in [-0.1, -0.05) is 12.2 Å². The van der Waals surface area contributed by atoms with Crippen molar-refractivity contribution >= 4 is 33.4 Å². The average molecular weight is 375 g/mol. The maximum Gasteiger partial charge on any atom is 0.407 e. The predicted molar refractivity (Wildman–Crippen MR) is 91.8 cm³/mol. The van der Waals surface area contributed by atoms with Crippen LogP contribution in [0.3, 0.4) is 0 Å². The van der Waals surface area contributed by atoms with Crippen LogP contribution in [0.15, 0.2) is 22.7 Å². The number of thiophene rings is 1. The molecule has 0 bridgehead atoms. The van der Waals surface area contributed by atoms with Gasteiger partial charge in [-0.25, -0.2) is 4.79 Å². The van der Waals surface area contributed by atoms with Gasteiger partial charge in [0.15, 0.2) is 0 Å². The molecule has 0 atom stereocenters. The fraction of sp³-hybridized carbons (Fsp3) is 0.533. The van der Waals surface area contributed by atoms with Gasteiger partial charge in [-0.15, -0.1) is 11.3 Å². The lowest BCUT2D eigenvalue weighted by molar-refractivity contribution is 0.0534. The summed E-state index contributed by atoms with van der Waals surface area (Å²) < 4.78 is 6.30. The lowest BCUT2D eigenvalue weighted by Gasteiger charge is -2.19. The number of rotatable bonds is 6. The number of carbonyl (C=O) groups is 1. The van der Waals surface area contributed by atoms with Gasteiger partial charge in [0.05, 0.1) is 0 Å². The molecule has 0 saturated heterocycles. The van der Waals surface area contributed by atoms with E-state index in [1.54, 1.807) is 11.3 Å². The molecule has 0 spiro atoms. The van der Waals surface area contributed by atoms with Gasteiger partial charge in [0.2, 0.25) is 0 Å². The number of halogens is 1. The van der Waals surface area contributed by atoms with Crippen molar-refractivity contribution in [2.75, 3.05) is 13.1 Å². The summed E-state index contributed by atoms with van der Waals surface area (Å²) in [4.78, 5) is 14.0. The Morgan fingerprint density at radius 2 is 2.05 bits per heavy atom. The maximum atomic E-state index is 11.4. The van der Waals surface area contributed by atoms with E-state index in [1.807, 2.05) is 32.9 Å². The minimum atomic E-state index is -0.456. The van der Waals surface area contributed by atoms with Gasteiger partial charge >= 0.3 is 6.09 Å². The van der Waals surface area contributed by atoms with Crippen molar-refractivity contribution in [3.8, 4) is 0 Å². The topological polar surface area (TPSA) is 50.4 Å². The van der Waals surface area contributed by atoms with Crippen molar-refractivity contribution in [3.63, 3.8) is 0 Å². The molecule has 21 heavy (non-hydrogen) atoms. The Kier molecular flexibility index (Phi) is 7.42. The van der Waals surface area contributed by atoms with E-state index in [0.29, 0.717) is 6.54 Å². The van der Waals surface area contributed by atoms with Crippen molar-refractivity contribution in [2.45, 2.75) is 39.8 Å². The lowest BCUT2D eigenvalue weighted by Crippen LogP contribution is -2.32. The van der Waals surface area contributed by atoms with Gasteiger partial charge < -0.3 is 15.4 Å². The summed E-state index contributed by atoms with van der Waals surface area (Å²) >= 11 is 5.29. The molecule has 4 nitrogen and oxygen atoms in total. The first-order chi connectivity index (χ1) is 9.78. The van der Waals surface area contributed by atoms with Gasteiger partial charge in [-0.05, 0) is 49.7 Å². The molecule has 1 amide bonds. The van der Waals surface area contributed by atoms with Crippen LogP contribution in [0.25, 0.3) is 0 Å². The van der Waals surface area contributed by atoms with Crippen LogP contribution >= 0.6 is 27.3 Å². The van der Waals surface area contributed by atoms with Crippen LogP contribution in [-0.4, -0.2) is 24.8 Å². The highest BCUT2D eigenvalue weighted by Crippen LogP contribution is 2.25. The first kappa shape index (κ1) is 18.2. The second-order valence-electron chi connectivity index (χ2n) is 5.60. The molecule has 1 aromatic rings. The fourth-order valence-electron chi connectivity index (χ4n) is 1.51. The first-order valence-corrected chi connectivity index (χ1v) is 8.46. The quantitative estimate of drug-likeness (QED) is 0.584. The van der Waals surface area contributed by atoms with E-state index < -0.39 is 5.60 Å². The van der Waals surface area contributed by atoms with E-state index >= 15 is 0 Å². The van der Waals surface area contributed by atoms with Crippen molar-refractivity contribution in [3.05, 3.63) is 32.4 Å². The summed E-state index contributed by atoms with van der Waals surface area (Å²) in [6.07, 6.45) is 3.51. The maximum absolute atomic E-state index is 11.4. The number of alkyl carbamates (subject to hydrolysis) is 1. The number of hydrogen-bond donors (Lipinski definition) is 2. The molecule has 0 unspecified atom stereocenters. The van der Waals surface area contributed by atoms with E-state index in [2.05, 4.69) is 39.6 Å². The second-order valence-corrected chi connectivity index (χ2v) is 7.80. The SMILES string of the molecule is Cc1sc(CNC/C=C/CNC(=O)OC(C)(C)C)cc1Br. The van der Waals surface area contributed by atoms with Crippen LogP contribution < -0.4 is 10.6 Å². The zero-order valence-electron chi connectivity index (χ0n) is 13.0.